The predicted octanol–water partition coefficient (Wildman–Crippen LogP) is 5.54. The van der Waals surface area contributed by atoms with E-state index in [4.69, 9.17) is 9.52 Å². The van der Waals surface area contributed by atoms with Gasteiger partial charge in [0.2, 0.25) is 11.8 Å². The van der Waals surface area contributed by atoms with Crippen molar-refractivity contribution in [1.82, 2.24) is 4.98 Å². The second kappa shape index (κ2) is 8.97. The van der Waals surface area contributed by atoms with E-state index in [0.717, 1.165) is 15.6 Å². The molecule has 2 N–H and O–H groups in total. The standard InChI is InChI=1S/C24H17BrN2O4/c25-18-7-1-15(2-8-18)4-12-22(28)26-19-9-5-17(6-10-19)24-27-20-13-16(14-23(29)30)3-11-21(20)31-24/h1-13H,14H2,(H,26,28)(H,29,30). The van der Waals surface area contributed by atoms with Gasteiger partial charge in [-0.05, 0) is 65.7 Å². The Balaban J connectivity index is 1.44. The molecule has 4 aromatic rings. The fraction of sp³-hybridized carbons (Fsp3) is 0.0417. The largest absolute Gasteiger partial charge is 0.481 e. The number of halogens is 1. The minimum absolute atomic E-state index is 0.0667. The van der Waals surface area contributed by atoms with Crippen molar-refractivity contribution in [2.75, 3.05) is 5.32 Å². The highest BCUT2D eigenvalue weighted by molar-refractivity contribution is 9.10. The average molecular weight is 477 g/mol. The molecule has 0 radical (unpaired) electrons. The fourth-order valence-electron chi connectivity index (χ4n) is 3.01. The number of hydrogen-bond acceptors (Lipinski definition) is 4. The number of oxazole rings is 1. The third kappa shape index (κ3) is 5.26. The van der Waals surface area contributed by atoms with Crippen LogP contribution in [0.2, 0.25) is 0 Å². The Kier molecular flexibility index (Phi) is 5.95. The van der Waals surface area contributed by atoms with Crippen LogP contribution in [0.25, 0.3) is 28.6 Å². The molecule has 4 rings (SSSR count). The zero-order valence-corrected chi connectivity index (χ0v) is 17.8. The number of amides is 1. The molecule has 154 valence electrons. The number of hydrogen-bond donors (Lipinski definition) is 2. The Labute approximate surface area is 186 Å². The minimum Gasteiger partial charge on any atom is -0.481 e. The number of aliphatic carboxylic acids is 1. The summed E-state index contributed by atoms with van der Waals surface area (Å²) in [7, 11) is 0. The lowest BCUT2D eigenvalue weighted by molar-refractivity contribution is -0.136. The number of rotatable bonds is 6. The molecule has 0 spiro atoms. The Bertz CT molecular complexity index is 1280. The van der Waals surface area contributed by atoms with Crippen molar-refractivity contribution in [2.24, 2.45) is 0 Å². The summed E-state index contributed by atoms with van der Waals surface area (Å²) in [4.78, 5) is 27.5. The first kappa shape index (κ1) is 20.6. The van der Waals surface area contributed by atoms with Gasteiger partial charge in [0, 0.05) is 21.8 Å². The number of carboxylic acid groups (broad SMARTS) is 1. The Morgan fingerprint density at radius 3 is 2.48 bits per heavy atom. The lowest BCUT2D eigenvalue weighted by Gasteiger charge is -2.03. The van der Waals surface area contributed by atoms with Gasteiger partial charge in [-0.25, -0.2) is 4.98 Å². The topological polar surface area (TPSA) is 92.4 Å². The molecule has 0 atom stereocenters. The number of carbonyl (C=O) groups is 2. The first-order valence-corrected chi connectivity index (χ1v) is 10.2. The van der Waals surface area contributed by atoms with E-state index in [2.05, 4.69) is 26.2 Å². The van der Waals surface area contributed by atoms with Crippen LogP contribution < -0.4 is 5.32 Å². The molecule has 0 saturated carbocycles. The van der Waals surface area contributed by atoms with Crippen LogP contribution in [0.3, 0.4) is 0 Å². The second-order valence-electron chi connectivity index (χ2n) is 6.84. The summed E-state index contributed by atoms with van der Waals surface area (Å²) in [6, 6.07) is 19.9. The van der Waals surface area contributed by atoms with E-state index in [1.807, 2.05) is 24.3 Å². The molecule has 0 saturated heterocycles. The van der Waals surface area contributed by atoms with Gasteiger partial charge in [0.05, 0.1) is 6.42 Å². The SMILES string of the molecule is O=C(O)Cc1ccc2oc(-c3ccc(NC(=O)C=Cc4ccc(Br)cc4)cc3)nc2c1. The smallest absolute Gasteiger partial charge is 0.307 e. The molecule has 1 amide bonds. The summed E-state index contributed by atoms with van der Waals surface area (Å²) in [6.07, 6.45) is 3.16. The van der Waals surface area contributed by atoms with Crippen LogP contribution in [0.4, 0.5) is 5.69 Å². The number of nitrogens with one attached hydrogen (secondary N) is 1. The van der Waals surface area contributed by atoms with Gasteiger partial charge in [0.25, 0.3) is 0 Å². The first-order valence-electron chi connectivity index (χ1n) is 9.42. The van der Waals surface area contributed by atoms with E-state index in [1.54, 1.807) is 48.5 Å². The van der Waals surface area contributed by atoms with Crippen LogP contribution >= 0.6 is 15.9 Å². The van der Waals surface area contributed by atoms with Gasteiger partial charge in [-0.1, -0.05) is 34.1 Å². The number of carboxylic acids is 1. The summed E-state index contributed by atoms with van der Waals surface area (Å²) in [6.45, 7) is 0. The zero-order chi connectivity index (χ0) is 21.8. The number of anilines is 1. The van der Waals surface area contributed by atoms with Gasteiger partial charge < -0.3 is 14.8 Å². The summed E-state index contributed by atoms with van der Waals surface area (Å²) in [5, 5.41) is 11.7. The van der Waals surface area contributed by atoms with E-state index in [9.17, 15) is 9.59 Å². The highest BCUT2D eigenvalue weighted by Crippen LogP contribution is 2.26. The molecular formula is C24H17BrN2O4. The predicted molar refractivity (Wildman–Crippen MR) is 123 cm³/mol. The van der Waals surface area contributed by atoms with E-state index in [1.165, 1.54) is 6.08 Å². The molecule has 31 heavy (non-hydrogen) atoms. The van der Waals surface area contributed by atoms with Crippen molar-refractivity contribution in [3.05, 3.63) is 88.4 Å². The average Bonchev–Trinajstić information content (AvgIpc) is 3.17. The molecule has 0 bridgehead atoms. The van der Waals surface area contributed by atoms with E-state index in [-0.39, 0.29) is 12.3 Å². The van der Waals surface area contributed by atoms with Gasteiger partial charge in [0.1, 0.15) is 5.52 Å². The van der Waals surface area contributed by atoms with Crippen LogP contribution in [-0.2, 0) is 16.0 Å². The maximum absolute atomic E-state index is 12.2. The number of benzene rings is 3. The molecule has 3 aromatic carbocycles. The van der Waals surface area contributed by atoms with Crippen molar-refractivity contribution < 1.29 is 19.1 Å². The quantitative estimate of drug-likeness (QED) is 0.356. The zero-order valence-electron chi connectivity index (χ0n) is 16.2. The van der Waals surface area contributed by atoms with Gasteiger partial charge in [-0.2, -0.15) is 0 Å². The number of fused-ring (bicyclic) bond motifs is 1. The maximum Gasteiger partial charge on any atom is 0.307 e. The summed E-state index contributed by atoms with van der Waals surface area (Å²) in [5.41, 5.74) is 4.17. The third-order valence-electron chi connectivity index (χ3n) is 4.50. The molecule has 0 fully saturated rings. The van der Waals surface area contributed by atoms with Crippen molar-refractivity contribution in [2.45, 2.75) is 6.42 Å². The Morgan fingerprint density at radius 2 is 1.77 bits per heavy atom. The van der Waals surface area contributed by atoms with Crippen LogP contribution in [-0.4, -0.2) is 22.0 Å². The summed E-state index contributed by atoms with van der Waals surface area (Å²) >= 11 is 3.38. The van der Waals surface area contributed by atoms with Crippen LogP contribution in [0.1, 0.15) is 11.1 Å². The van der Waals surface area contributed by atoms with Gasteiger partial charge in [0.15, 0.2) is 5.58 Å². The molecule has 6 nitrogen and oxygen atoms in total. The van der Waals surface area contributed by atoms with Crippen molar-refractivity contribution >= 4 is 50.7 Å². The molecule has 0 aliphatic carbocycles. The maximum atomic E-state index is 12.2. The summed E-state index contributed by atoms with van der Waals surface area (Å²) in [5.74, 6) is -0.702. The van der Waals surface area contributed by atoms with Gasteiger partial charge in [-0.15, -0.1) is 0 Å². The van der Waals surface area contributed by atoms with Gasteiger partial charge >= 0.3 is 5.97 Å². The van der Waals surface area contributed by atoms with E-state index < -0.39 is 5.97 Å². The Morgan fingerprint density at radius 1 is 1.03 bits per heavy atom. The Hall–Kier alpha value is -3.71. The lowest BCUT2D eigenvalue weighted by atomic mass is 10.1. The monoisotopic (exact) mass is 476 g/mol. The van der Waals surface area contributed by atoms with Crippen molar-refractivity contribution in [3.8, 4) is 11.5 Å². The van der Waals surface area contributed by atoms with E-state index in [0.29, 0.717) is 28.2 Å². The number of aromatic nitrogens is 1. The number of carbonyl (C=O) groups excluding carboxylic acids is 1. The minimum atomic E-state index is -0.896. The highest BCUT2D eigenvalue weighted by Gasteiger charge is 2.10. The first-order chi connectivity index (χ1) is 15.0. The van der Waals surface area contributed by atoms with Crippen LogP contribution in [0, 0.1) is 0 Å². The molecule has 0 aliphatic rings. The molecule has 1 heterocycles. The highest BCUT2D eigenvalue weighted by atomic mass is 79.9. The van der Waals surface area contributed by atoms with E-state index >= 15 is 0 Å². The molecule has 0 aliphatic heterocycles. The molecule has 7 heteroatoms. The van der Waals surface area contributed by atoms with Crippen molar-refractivity contribution in [3.63, 3.8) is 0 Å². The van der Waals surface area contributed by atoms with Crippen molar-refractivity contribution in [1.29, 1.82) is 0 Å². The molecular weight excluding hydrogens is 460 g/mol. The normalized spacial score (nSPS) is 11.1. The lowest BCUT2D eigenvalue weighted by Crippen LogP contribution is -2.07. The fourth-order valence-corrected chi connectivity index (χ4v) is 3.27. The number of nitrogens with zero attached hydrogens (tertiary/aromatic N) is 1. The molecule has 0 unspecified atom stereocenters. The van der Waals surface area contributed by atoms with Crippen LogP contribution in [0.15, 0.2) is 81.7 Å². The second-order valence-corrected chi connectivity index (χ2v) is 7.76. The summed E-state index contributed by atoms with van der Waals surface area (Å²) < 4.78 is 6.75. The van der Waals surface area contributed by atoms with Crippen LogP contribution in [0.5, 0.6) is 0 Å². The van der Waals surface area contributed by atoms with Gasteiger partial charge in [-0.3, -0.25) is 9.59 Å². The molecule has 1 aromatic heterocycles. The third-order valence-corrected chi connectivity index (χ3v) is 5.03.